The minimum absolute atomic E-state index is 0.717. The van der Waals surface area contributed by atoms with Crippen molar-refractivity contribution in [3.63, 3.8) is 0 Å². The van der Waals surface area contributed by atoms with Crippen molar-refractivity contribution < 1.29 is 4.74 Å². The lowest BCUT2D eigenvalue weighted by atomic mass is 10.0. The minimum atomic E-state index is 0.717. The first-order valence-electron chi connectivity index (χ1n) is 6.75. The molecule has 2 rings (SSSR count). The first-order valence-corrected chi connectivity index (χ1v) is 7.54. The Morgan fingerprint density at radius 3 is 2.89 bits per heavy atom. The number of halogens is 1. The van der Waals surface area contributed by atoms with E-state index in [1.165, 1.54) is 24.8 Å². The van der Waals surface area contributed by atoms with Crippen molar-refractivity contribution in [1.29, 1.82) is 0 Å². The molecular weight excluding hydrogens is 290 g/mol. The second kappa shape index (κ2) is 6.58. The Morgan fingerprint density at radius 1 is 1.44 bits per heavy atom. The van der Waals surface area contributed by atoms with Crippen LogP contribution in [0.4, 0.5) is 0 Å². The Balaban J connectivity index is 1.82. The summed E-state index contributed by atoms with van der Waals surface area (Å²) >= 11 is 3.52. The summed E-state index contributed by atoms with van der Waals surface area (Å²) in [5, 5.41) is 3.59. The van der Waals surface area contributed by atoms with Gasteiger partial charge in [-0.1, -0.05) is 22.9 Å². The topological polar surface area (TPSA) is 21.3 Å². The zero-order valence-corrected chi connectivity index (χ0v) is 12.8. The Morgan fingerprint density at radius 2 is 2.22 bits per heavy atom. The predicted molar refractivity (Wildman–Crippen MR) is 79.2 cm³/mol. The summed E-state index contributed by atoms with van der Waals surface area (Å²) in [4.78, 5) is 0. The van der Waals surface area contributed by atoms with E-state index in [1.54, 1.807) is 7.11 Å². The maximum absolute atomic E-state index is 5.40. The molecule has 1 saturated carbocycles. The second-order valence-corrected chi connectivity index (χ2v) is 6.20. The molecule has 1 aromatic carbocycles. The minimum Gasteiger partial charge on any atom is -0.496 e. The number of aryl methyl sites for hydroxylation is 1. The lowest BCUT2D eigenvalue weighted by molar-refractivity contribution is 0.405. The van der Waals surface area contributed by atoms with E-state index >= 15 is 0 Å². The van der Waals surface area contributed by atoms with Crippen LogP contribution in [0.1, 0.15) is 31.7 Å². The van der Waals surface area contributed by atoms with Gasteiger partial charge >= 0.3 is 0 Å². The molecule has 1 unspecified atom stereocenters. The molecule has 1 fully saturated rings. The third-order valence-corrected chi connectivity index (χ3v) is 3.97. The van der Waals surface area contributed by atoms with E-state index in [1.807, 2.05) is 12.1 Å². The molecule has 2 nitrogen and oxygen atoms in total. The first-order chi connectivity index (χ1) is 8.69. The molecule has 1 aromatic rings. The number of ether oxygens (including phenoxy) is 1. The van der Waals surface area contributed by atoms with Gasteiger partial charge in [0, 0.05) is 10.5 Å². The molecule has 0 saturated heterocycles. The monoisotopic (exact) mass is 311 g/mol. The maximum atomic E-state index is 5.40. The molecule has 0 bridgehead atoms. The number of hydrogen-bond acceptors (Lipinski definition) is 2. The summed E-state index contributed by atoms with van der Waals surface area (Å²) in [6.07, 6.45) is 5.01. The van der Waals surface area contributed by atoms with Crippen LogP contribution < -0.4 is 10.1 Å². The van der Waals surface area contributed by atoms with Crippen molar-refractivity contribution in [2.45, 2.75) is 38.6 Å². The summed E-state index contributed by atoms with van der Waals surface area (Å²) in [5.74, 6) is 1.72. The third-order valence-electron chi connectivity index (χ3n) is 3.48. The average Bonchev–Trinajstić information content (AvgIpc) is 3.18. The van der Waals surface area contributed by atoms with Crippen LogP contribution in [-0.4, -0.2) is 19.7 Å². The zero-order chi connectivity index (χ0) is 13.0. The normalized spacial score (nSPS) is 16.6. The highest BCUT2D eigenvalue weighted by atomic mass is 79.9. The van der Waals surface area contributed by atoms with Crippen LogP contribution >= 0.6 is 15.9 Å². The zero-order valence-electron chi connectivity index (χ0n) is 11.2. The standard InChI is InChI=1S/C15H22BrNO/c1-11(10-17-14-6-7-14)3-4-12-9-13(16)5-8-15(12)18-2/h5,8-9,11,14,17H,3-4,6-7,10H2,1-2H3. The van der Waals surface area contributed by atoms with Crippen molar-refractivity contribution >= 4 is 15.9 Å². The number of benzene rings is 1. The summed E-state index contributed by atoms with van der Waals surface area (Å²) in [7, 11) is 1.74. The molecule has 0 radical (unpaired) electrons. The molecular formula is C15H22BrNO. The Hall–Kier alpha value is -0.540. The number of nitrogens with one attached hydrogen (secondary N) is 1. The molecule has 18 heavy (non-hydrogen) atoms. The molecule has 0 heterocycles. The van der Waals surface area contributed by atoms with E-state index in [4.69, 9.17) is 4.74 Å². The van der Waals surface area contributed by atoms with Gasteiger partial charge in [-0.2, -0.15) is 0 Å². The van der Waals surface area contributed by atoms with Crippen LogP contribution in [0.2, 0.25) is 0 Å². The van der Waals surface area contributed by atoms with Crippen molar-refractivity contribution in [1.82, 2.24) is 5.32 Å². The average molecular weight is 312 g/mol. The van der Waals surface area contributed by atoms with Crippen molar-refractivity contribution in [3.8, 4) is 5.75 Å². The highest BCUT2D eigenvalue weighted by molar-refractivity contribution is 9.10. The van der Waals surface area contributed by atoms with Gasteiger partial charge in [0.15, 0.2) is 0 Å². The van der Waals surface area contributed by atoms with Gasteiger partial charge in [-0.3, -0.25) is 0 Å². The summed E-state index contributed by atoms with van der Waals surface area (Å²) in [6.45, 7) is 3.46. The molecule has 1 aliphatic rings. The number of methoxy groups -OCH3 is 1. The van der Waals surface area contributed by atoms with Gasteiger partial charge in [-0.05, 0) is 61.9 Å². The fourth-order valence-corrected chi connectivity index (χ4v) is 2.51. The van der Waals surface area contributed by atoms with Crippen LogP contribution in [0.15, 0.2) is 22.7 Å². The first kappa shape index (κ1) is 13.9. The SMILES string of the molecule is COc1ccc(Br)cc1CCC(C)CNC1CC1. The van der Waals surface area contributed by atoms with Crippen LogP contribution in [0.3, 0.4) is 0 Å². The van der Waals surface area contributed by atoms with Crippen LogP contribution in [-0.2, 0) is 6.42 Å². The third kappa shape index (κ3) is 4.29. The van der Waals surface area contributed by atoms with Crippen molar-refractivity contribution in [2.75, 3.05) is 13.7 Å². The molecule has 1 aliphatic carbocycles. The van der Waals surface area contributed by atoms with Gasteiger partial charge in [0.25, 0.3) is 0 Å². The summed E-state index contributed by atoms with van der Waals surface area (Å²) in [6, 6.07) is 7.04. The van der Waals surface area contributed by atoms with E-state index in [0.717, 1.165) is 29.2 Å². The van der Waals surface area contributed by atoms with Crippen molar-refractivity contribution in [2.24, 2.45) is 5.92 Å². The van der Waals surface area contributed by atoms with E-state index in [0.29, 0.717) is 5.92 Å². The molecule has 0 spiro atoms. The van der Waals surface area contributed by atoms with E-state index in [2.05, 4.69) is 34.2 Å². The van der Waals surface area contributed by atoms with E-state index in [9.17, 15) is 0 Å². The van der Waals surface area contributed by atoms with Gasteiger partial charge in [-0.15, -0.1) is 0 Å². The largest absolute Gasteiger partial charge is 0.496 e. The molecule has 3 heteroatoms. The van der Waals surface area contributed by atoms with Crippen LogP contribution in [0, 0.1) is 5.92 Å². The Labute approximate surface area is 118 Å². The van der Waals surface area contributed by atoms with Gasteiger partial charge in [0.2, 0.25) is 0 Å². The highest BCUT2D eigenvalue weighted by Gasteiger charge is 2.20. The fraction of sp³-hybridized carbons (Fsp3) is 0.600. The van der Waals surface area contributed by atoms with Crippen LogP contribution in [0.25, 0.3) is 0 Å². The smallest absolute Gasteiger partial charge is 0.122 e. The number of rotatable bonds is 7. The van der Waals surface area contributed by atoms with E-state index < -0.39 is 0 Å². The quantitative estimate of drug-likeness (QED) is 0.827. The van der Waals surface area contributed by atoms with Gasteiger partial charge < -0.3 is 10.1 Å². The summed E-state index contributed by atoms with van der Waals surface area (Å²) < 4.78 is 6.53. The van der Waals surface area contributed by atoms with E-state index in [-0.39, 0.29) is 0 Å². The van der Waals surface area contributed by atoms with Crippen molar-refractivity contribution in [3.05, 3.63) is 28.2 Å². The molecule has 0 amide bonds. The molecule has 1 N–H and O–H groups in total. The lowest BCUT2D eigenvalue weighted by Crippen LogP contribution is -2.23. The molecule has 100 valence electrons. The Bertz CT molecular complexity index is 390. The second-order valence-electron chi connectivity index (χ2n) is 5.28. The molecule has 0 aromatic heterocycles. The predicted octanol–water partition coefficient (Wildman–Crippen LogP) is 3.78. The Kier molecular flexibility index (Phi) is 5.07. The molecule has 1 atom stereocenters. The maximum Gasteiger partial charge on any atom is 0.122 e. The highest BCUT2D eigenvalue weighted by Crippen LogP contribution is 2.25. The lowest BCUT2D eigenvalue weighted by Gasteiger charge is -2.14. The van der Waals surface area contributed by atoms with Gasteiger partial charge in [0.1, 0.15) is 5.75 Å². The van der Waals surface area contributed by atoms with Gasteiger partial charge in [-0.25, -0.2) is 0 Å². The fourth-order valence-electron chi connectivity index (χ4n) is 2.10. The van der Waals surface area contributed by atoms with Crippen LogP contribution in [0.5, 0.6) is 5.75 Å². The molecule has 0 aliphatic heterocycles. The number of hydrogen-bond donors (Lipinski definition) is 1. The summed E-state index contributed by atoms with van der Waals surface area (Å²) in [5.41, 5.74) is 1.30. The van der Waals surface area contributed by atoms with Gasteiger partial charge in [0.05, 0.1) is 7.11 Å².